The number of alkyl halides is 1. The molecule has 1 aromatic heterocycles. The van der Waals surface area contributed by atoms with E-state index in [9.17, 15) is 14.0 Å². The predicted molar refractivity (Wildman–Crippen MR) is 136 cm³/mol. The first-order chi connectivity index (χ1) is 17.4. The first-order valence-electron chi connectivity index (χ1n) is 11.8. The lowest BCUT2D eigenvalue weighted by molar-refractivity contribution is -0.116. The number of carbonyl (C=O) groups excluding carboxylic acids is 2. The molecule has 3 heterocycles. The van der Waals surface area contributed by atoms with Crippen molar-refractivity contribution < 1.29 is 18.7 Å². The lowest BCUT2D eigenvalue weighted by Gasteiger charge is -2.34. The van der Waals surface area contributed by atoms with E-state index in [4.69, 9.17) is 16.3 Å². The van der Waals surface area contributed by atoms with Gasteiger partial charge in [-0.3, -0.25) is 14.6 Å². The van der Waals surface area contributed by atoms with Gasteiger partial charge in [-0.25, -0.2) is 4.39 Å². The number of nitrogens with one attached hydrogen (secondary N) is 1. The largest absolute Gasteiger partial charge is 0.484 e. The van der Waals surface area contributed by atoms with Crippen molar-refractivity contribution in [3.63, 3.8) is 0 Å². The first-order valence-corrected chi connectivity index (χ1v) is 12.1. The molecule has 1 atom stereocenters. The Labute approximate surface area is 213 Å². The normalized spacial score (nSPS) is 17.0. The molecular weight excluding hydrogens is 481 g/mol. The van der Waals surface area contributed by atoms with E-state index in [-0.39, 0.29) is 31.0 Å². The number of likely N-dealkylation sites (tertiary alicyclic amines) is 1. The van der Waals surface area contributed by atoms with E-state index in [1.165, 1.54) is 11.0 Å². The average Bonchev–Trinajstić information content (AvgIpc) is 3.29. The summed E-state index contributed by atoms with van der Waals surface area (Å²) in [5.41, 5.74) is 5.15. The average molecular weight is 506 g/mol. The summed E-state index contributed by atoms with van der Waals surface area (Å²) in [6, 6.07) is 14.9. The van der Waals surface area contributed by atoms with Crippen molar-refractivity contribution in [1.29, 1.82) is 0 Å². The van der Waals surface area contributed by atoms with Gasteiger partial charge in [-0.2, -0.15) is 0 Å². The summed E-state index contributed by atoms with van der Waals surface area (Å²) in [4.78, 5) is 30.3. The maximum atomic E-state index is 13.1. The van der Waals surface area contributed by atoms with Crippen molar-refractivity contribution in [2.24, 2.45) is 0 Å². The summed E-state index contributed by atoms with van der Waals surface area (Å²) in [6.45, 7) is 2.62. The Bertz CT molecular complexity index is 1320. The van der Waals surface area contributed by atoms with E-state index >= 15 is 0 Å². The molecule has 0 spiro atoms. The fourth-order valence-corrected chi connectivity index (χ4v) is 4.53. The van der Waals surface area contributed by atoms with Gasteiger partial charge in [0.25, 0.3) is 5.91 Å². The van der Waals surface area contributed by atoms with Crippen LogP contribution in [0.4, 0.5) is 4.39 Å². The quantitative estimate of drug-likeness (QED) is 0.494. The van der Waals surface area contributed by atoms with Gasteiger partial charge < -0.3 is 15.0 Å². The van der Waals surface area contributed by atoms with E-state index in [2.05, 4.69) is 10.3 Å². The first kappa shape index (κ1) is 24.0. The molecule has 1 saturated heterocycles. The summed E-state index contributed by atoms with van der Waals surface area (Å²) in [5, 5.41) is 3.33. The Hall–Kier alpha value is -3.71. The molecule has 184 valence electrons. The fraction of sp³-hybridized carbons (Fsp3) is 0.250. The molecular formula is C28H25ClFN3O3. The van der Waals surface area contributed by atoms with Crippen molar-refractivity contribution in [3.05, 3.63) is 94.3 Å². The Morgan fingerprint density at radius 3 is 2.64 bits per heavy atom. The van der Waals surface area contributed by atoms with Crippen LogP contribution in [0, 0.1) is 6.92 Å². The number of halogens is 2. The molecule has 6 nitrogen and oxygen atoms in total. The minimum atomic E-state index is -0.923. The van der Waals surface area contributed by atoms with Crippen LogP contribution in [0.15, 0.2) is 66.9 Å². The Morgan fingerprint density at radius 2 is 1.94 bits per heavy atom. The van der Waals surface area contributed by atoms with Gasteiger partial charge in [0.05, 0.1) is 18.1 Å². The highest BCUT2D eigenvalue weighted by atomic mass is 35.5. The molecule has 3 aromatic rings. The summed E-state index contributed by atoms with van der Waals surface area (Å²) in [5.74, 6) is 0.244. The number of hydrogen-bond acceptors (Lipinski definition) is 4. The van der Waals surface area contributed by atoms with Gasteiger partial charge in [0.15, 0.2) is 0 Å². The zero-order valence-electron chi connectivity index (χ0n) is 19.7. The number of nitrogens with zero attached hydrogens (tertiary/aromatic N) is 2. The Balaban J connectivity index is 1.20. The summed E-state index contributed by atoms with van der Waals surface area (Å²) in [7, 11) is 0. The Morgan fingerprint density at radius 1 is 1.17 bits per heavy atom. The molecule has 8 heteroatoms. The lowest BCUT2D eigenvalue weighted by Crippen LogP contribution is -2.51. The maximum absolute atomic E-state index is 13.1. The number of carbonyl (C=O) groups is 2. The van der Waals surface area contributed by atoms with Crippen LogP contribution in [0.5, 0.6) is 5.75 Å². The molecule has 0 saturated carbocycles. The zero-order chi connectivity index (χ0) is 25.2. The van der Waals surface area contributed by atoms with Crippen LogP contribution in [0.2, 0.25) is 5.02 Å². The number of rotatable bonds is 6. The Kier molecular flexibility index (Phi) is 6.74. The highest BCUT2D eigenvalue weighted by Gasteiger charge is 2.31. The zero-order valence-corrected chi connectivity index (χ0v) is 20.5. The fourth-order valence-electron chi connectivity index (χ4n) is 4.24. The van der Waals surface area contributed by atoms with Crippen molar-refractivity contribution in [2.45, 2.75) is 32.2 Å². The summed E-state index contributed by atoms with van der Waals surface area (Å²) in [6.07, 6.45) is 4.32. The molecule has 5 rings (SSSR count). The van der Waals surface area contributed by atoms with Crippen molar-refractivity contribution in [1.82, 2.24) is 15.2 Å². The number of benzene rings is 2. The van der Waals surface area contributed by atoms with Crippen molar-refractivity contribution >= 4 is 23.4 Å². The second kappa shape index (κ2) is 10.1. The second-order valence-corrected chi connectivity index (χ2v) is 9.48. The summed E-state index contributed by atoms with van der Waals surface area (Å²) >= 11 is 6.51. The molecule has 36 heavy (non-hydrogen) atoms. The van der Waals surface area contributed by atoms with Gasteiger partial charge in [-0.15, -0.1) is 0 Å². The van der Waals surface area contributed by atoms with E-state index in [1.807, 2.05) is 43.3 Å². The van der Waals surface area contributed by atoms with E-state index in [0.717, 1.165) is 27.9 Å². The van der Waals surface area contributed by atoms with Crippen LogP contribution < -0.4 is 10.1 Å². The molecule has 2 amide bonds. The van der Waals surface area contributed by atoms with Crippen LogP contribution in [-0.2, 0) is 17.8 Å². The highest BCUT2D eigenvalue weighted by molar-refractivity contribution is 6.32. The minimum absolute atomic E-state index is 0.155. The number of hydrogen-bond donors (Lipinski definition) is 1. The molecule has 2 aromatic carbocycles. The molecule has 1 N–H and O–H groups in total. The van der Waals surface area contributed by atoms with Crippen LogP contribution >= 0.6 is 11.6 Å². The van der Waals surface area contributed by atoms with Crippen LogP contribution in [0.3, 0.4) is 0 Å². The van der Waals surface area contributed by atoms with Gasteiger partial charge >= 0.3 is 0 Å². The predicted octanol–water partition coefficient (Wildman–Crippen LogP) is 4.68. The molecule has 1 fully saturated rings. The van der Waals surface area contributed by atoms with Gasteiger partial charge in [0.2, 0.25) is 5.91 Å². The third-order valence-corrected chi connectivity index (χ3v) is 6.58. The van der Waals surface area contributed by atoms with E-state index in [0.29, 0.717) is 29.3 Å². The summed E-state index contributed by atoms with van der Waals surface area (Å²) < 4.78 is 19.0. The lowest BCUT2D eigenvalue weighted by atomic mass is 9.99. The SMILES string of the molecule is Cc1ccc(CNC(=O)/C=C/C2Cc3cc(-c4ccc(C(=O)N5CC(F)C5)cc4)cc(Cl)c3O2)cn1. The molecule has 0 bridgehead atoms. The van der Waals surface area contributed by atoms with Gasteiger partial charge in [-0.05, 0) is 60.0 Å². The van der Waals surface area contributed by atoms with E-state index < -0.39 is 6.17 Å². The topological polar surface area (TPSA) is 71.5 Å². The number of aryl methyl sites for hydroxylation is 1. The van der Waals surface area contributed by atoms with Crippen LogP contribution in [-0.4, -0.2) is 47.1 Å². The minimum Gasteiger partial charge on any atom is -0.484 e. The number of ether oxygens (including phenoxy) is 1. The van der Waals surface area contributed by atoms with Gasteiger partial charge in [0, 0.05) is 42.1 Å². The molecule has 1 unspecified atom stereocenters. The third-order valence-electron chi connectivity index (χ3n) is 6.30. The van der Waals surface area contributed by atoms with Crippen LogP contribution in [0.1, 0.15) is 27.2 Å². The second-order valence-electron chi connectivity index (χ2n) is 9.08. The molecule has 0 radical (unpaired) electrons. The highest BCUT2D eigenvalue weighted by Crippen LogP contribution is 2.40. The third kappa shape index (κ3) is 5.26. The molecule has 2 aliphatic heterocycles. The van der Waals surface area contributed by atoms with E-state index in [1.54, 1.807) is 24.4 Å². The van der Waals surface area contributed by atoms with Crippen LogP contribution in [0.25, 0.3) is 11.1 Å². The smallest absolute Gasteiger partial charge is 0.254 e. The molecule has 0 aliphatic carbocycles. The molecule has 2 aliphatic rings. The monoisotopic (exact) mass is 505 g/mol. The number of pyridine rings is 1. The van der Waals surface area contributed by atoms with Crippen molar-refractivity contribution in [3.8, 4) is 16.9 Å². The van der Waals surface area contributed by atoms with Gasteiger partial charge in [-0.1, -0.05) is 29.8 Å². The number of aromatic nitrogens is 1. The number of amides is 2. The van der Waals surface area contributed by atoms with Gasteiger partial charge in [0.1, 0.15) is 18.0 Å². The maximum Gasteiger partial charge on any atom is 0.254 e. The standard InChI is InChI=1S/C28H25ClFN3O3/c1-17-2-3-18(13-31-17)14-32-26(34)9-8-24-11-22-10-21(12-25(29)27(22)36-24)19-4-6-20(7-5-19)28(35)33-15-23(30)16-33/h2-10,12-13,23-24H,11,14-16H2,1H3,(H,32,34)/b9-8+. The van der Waals surface area contributed by atoms with Crippen molar-refractivity contribution in [2.75, 3.05) is 13.1 Å². The number of fused-ring (bicyclic) bond motifs is 1.